The van der Waals surface area contributed by atoms with E-state index in [1.54, 1.807) is 30.0 Å². The molecule has 1 aliphatic rings. The standard InChI is InChI=1S/C13H13N3O3/c1-8-5-13(18)15-7-12(17)14-10-4-3-9(19-2)6-11(10)16(8)15/h3-6H,7H2,1-2H3,(H,14,17). The van der Waals surface area contributed by atoms with Gasteiger partial charge >= 0.3 is 0 Å². The third kappa shape index (κ3) is 1.72. The van der Waals surface area contributed by atoms with Gasteiger partial charge in [-0.1, -0.05) is 0 Å². The van der Waals surface area contributed by atoms with Crippen LogP contribution in [0.2, 0.25) is 0 Å². The monoisotopic (exact) mass is 259 g/mol. The van der Waals surface area contributed by atoms with Gasteiger partial charge < -0.3 is 10.1 Å². The Kier molecular flexibility index (Phi) is 2.45. The summed E-state index contributed by atoms with van der Waals surface area (Å²) in [6, 6.07) is 6.85. The van der Waals surface area contributed by atoms with Crippen molar-refractivity contribution in [1.29, 1.82) is 0 Å². The first-order chi connectivity index (χ1) is 9.10. The van der Waals surface area contributed by atoms with E-state index in [0.717, 1.165) is 11.4 Å². The molecule has 0 atom stereocenters. The van der Waals surface area contributed by atoms with E-state index in [9.17, 15) is 9.59 Å². The molecule has 0 saturated carbocycles. The van der Waals surface area contributed by atoms with Crippen LogP contribution in [0.25, 0.3) is 5.69 Å². The molecule has 1 amide bonds. The minimum Gasteiger partial charge on any atom is -0.497 e. The van der Waals surface area contributed by atoms with E-state index in [1.165, 1.54) is 10.7 Å². The number of aromatic nitrogens is 2. The Balaban J connectivity index is 2.35. The van der Waals surface area contributed by atoms with E-state index in [0.29, 0.717) is 11.4 Å². The Bertz CT molecular complexity index is 727. The average molecular weight is 259 g/mol. The topological polar surface area (TPSA) is 65.3 Å². The minimum absolute atomic E-state index is 0.00364. The summed E-state index contributed by atoms with van der Waals surface area (Å²) in [7, 11) is 1.58. The third-order valence-electron chi connectivity index (χ3n) is 3.16. The number of nitrogens with one attached hydrogen (secondary N) is 1. The van der Waals surface area contributed by atoms with Gasteiger partial charge in [-0.25, -0.2) is 4.68 Å². The van der Waals surface area contributed by atoms with Gasteiger partial charge in [0.2, 0.25) is 5.91 Å². The Labute approximate surface area is 109 Å². The van der Waals surface area contributed by atoms with E-state index in [4.69, 9.17) is 4.74 Å². The number of anilines is 1. The SMILES string of the molecule is COc1ccc2c(c1)-n1c(C)cc(=O)n1CC(=O)N2. The van der Waals surface area contributed by atoms with Gasteiger partial charge in [0.15, 0.2) is 0 Å². The predicted octanol–water partition coefficient (Wildman–Crippen LogP) is 0.908. The number of hydrogen-bond donors (Lipinski definition) is 1. The molecule has 0 saturated heterocycles. The maximum absolute atomic E-state index is 11.9. The fourth-order valence-electron chi connectivity index (χ4n) is 2.32. The van der Waals surface area contributed by atoms with Crippen molar-refractivity contribution in [3.63, 3.8) is 0 Å². The molecule has 2 aromatic rings. The second kappa shape index (κ2) is 4.01. The van der Waals surface area contributed by atoms with Crippen LogP contribution in [0, 0.1) is 6.92 Å². The maximum atomic E-state index is 11.9. The van der Waals surface area contributed by atoms with Crippen molar-refractivity contribution in [3.8, 4) is 11.4 Å². The molecule has 6 nitrogen and oxygen atoms in total. The number of nitrogens with zero attached hydrogens (tertiary/aromatic N) is 2. The summed E-state index contributed by atoms with van der Waals surface area (Å²) in [5.41, 5.74) is 1.97. The number of carbonyl (C=O) groups excluding carboxylic acids is 1. The van der Waals surface area contributed by atoms with Crippen LogP contribution in [0.3, 0.4) is 0 Å². The van der Waals surface area contributed by atoms with Gasteiger partial charge in [0, 0.05) is 17.8 Å². The summed E-state index contributed by atoms with van der Waals surface area (Å²) < 4.78 is 8.34. The first-order valence-electron chi connectivity index (χ1n) is 5.88. The predicted molar refractivity (Wildman–Crippen MR) is 69.9 cm³/mol. The normalized spacial score (nSPS) is 13.3. The summed E-state index contributed by atoms with van der Waals surface area (Å²) in [6.45, 7) is 1.83. The van der Waals surface area contributed by atoms with Crippen LogP contribution < -0.4 is 15.6 Å². The molecular weight excluding hydrogens is 246 g/mol. The number of benzene rings is 1. The lowest BCUT2D eigenvalue weighted by atomic mass is 10.2. The largest absolute Gasteiger partial charge is 0.497 e. The third-order valence-corrected chi connectivity index (χ3v) is 3.16. The van der Waals surface area contributed by atoms with Crippen molar-refractivity contribution in [2.24, 2.45) is 0 Å². The van der Waals surface area contributed by atoms with Gasteiger partial charge in [-0.2, -0.15) is 0 Å². The highest BCUT2D eigenvalue weighted by Crippen LogP contribution is 2.28. The van der Waals surface area contributed by atoms with Crippen molar-refractivity contribution < 1.29 is 9.53 Å². The molecule has 1 aromatic heterocycles. The van der Waals surface area contributed by atoms with Gasteiger partial charge in [-0.15, -0.1) is 0 Å². The number of amides is 1. The summed E-state index contributed by atoms with van der Waals surface area (Å²) >= 11 is 0. The summed E-state index contributed by atoms with van der Waals surface area (Å²) in [5, 5.41) is 2.79. The highest BCUT2D eigenvalue weighted by atomic mass is 16.5. The van der Waals surface area contributed by atoms with Gasteiger partial charge in [0.05, 0.1) is 18.5 Å². The van der Waals surface area contributed by atoms with Crippen LogP contribution in [-0.2, 0) is 11.3 Å². The Morgan fingerprint density at radius 2 is 2.05 bits per heavy atom. The number of methoxy groups -OCH3 is 1. The lowest BCUT2D eigenvalue weighted by Crippen LogP contribution is -2.26. The van der Waals surface area contributed by atoms with Gasteiger partial charge in [-0.05, 0) is 19.1 Å². The molecule has 3 rings (SSSR count). The molecule has 98 valence electrons. The second-order valence-corrected chi connectivity index (χ2v) is 4.42. The molecule has 0 radical (unpaired) electrons. The lowest BCUT2D eigenvalue weighted by Gasteiger charge is -2.13. The molecular formula is C13H13N3O3. The van der Waals surface area contributed by atoms with E-state index >= 15 is 0 Å². The van der Waals surface area contributed by atoms with Crippen molar-refractivity contribution in [1.82, 2.24) is 9.36 Å². The van der Waals surface area contributed by atoms with E-state index in [1.807, 2.05) is 6.92 Å². The number of carbonyl (C=O) groups is 1. The number of aryl methyl sites for hydroxylation is 1. The van der Waals surface area contributed by atoms with Gasteiger partial charge in [0.1, 0.15) is 12.3 Å². The molecule has 0 fully saturated rings. The number of ether oxygens (including phenoxy) is 1. The Morgan fingerprint density at radius 1 is 1.26 bits per heavy atom. The van der Waals surface area contributed by atoms with Crippen LogP contribution in [0.4, 0.5) is 5.69 Å². The summed E-state index contributed by atoms with van der Waals surface area (Å²) in [4.78, 5) is 23.7. The van der Waals surface area contributed by atoms with Crippen LogP contribution in [0.1, 0.15) is 5.69 Å². The second-order valence-electron chi connectivity index (χ2n) is 4.42. The van der Waals surface area contributed by atoms with E-state index < -0.39 is 0 Å². The number of fused-ring (bicyclic) bond motifs is 3. The van der Waals surface area contributed by atoms with Crippen LogP contribution in [0.15, 0.2) is 29.1 Å². The molecule has 6 heteroatoms. The molecule has 0 bridgehead atoms. The molecule has 1 aromatic carbocycles. The van der Waals surface area contributed by atoms with Crippen molar-refractivity contribution in [2.45, 2.75) is 13.5 Å². The highest BCUT2D eigenvalue weighted by Gasteiger charge is 2.21. The summed E-state index contributed by atoms with van der Waals surface area (Å²) in [5.74, 6) is 0.451. The zero-order valence-corrected chi connectivity index (χ0v) is 10.6. The molecule has 0 spiro atoms. The van der Waals surface area contributed by atoms with Crippen molar-refractivity contribution in [2.75, 3.05) is 12.4 Å². The molecule has 1 aliphatic heterocycles. The quantitative estimate of drug-likeness (QED) is 0.827. The van der Waals surface area contributed by atoms with Crippen molar-refractivity contribution >= 4 is 11.6 Å². The average Bonchev–Trinajstić information content (AvgIpc) is 2.57. The molecule has 0 unspecified atom stereocenters. The fourth-order valence-corrected chi connectivity index (χ4v) is 2.32. The van der Waals surface area contributed by atoms with Gasteiger partial charge in [-0.3, -0.25) is 14.3 Å². The zero-order chi connectivity index (χ0) is 13.6. The van der Waals surface area contributed by atoms with E-state index in [2.05, 4.69) is 5.32 Å². The molecule has 19 heavy (non-hydrogen) atoms. The number of hydrogen-bond acceptors (Lipinski definition) is 3. The molecule has 0 aliphatic carbocycles. The highest BCUT2D eigenvalue weighted by molar-refractivity contribution is 5.93. The molecule has 1 N–H and O–H groups in total. The van der Waals surface area contributed by atoms with Crippen LogP contribution >= 0.6 is 0 Å². The van der Waals surface area contributed by atoms with E-state index in [-0.39, 0.29) is 18.0 Å². The Hall–Kier alpha value is -2.50. The first kappa shape index (κ1) is 11.6. The zero-order valence-electron chi connectivity index (χ0n) is 10.6. The number of rotatable bonds is 1. The minimum atomic E-state index is -0.217. The van der Waals surface area contributed by atoms with Crippen molar-refractivity contribution in [3.05, 3.63) is 40.3 Å². The fraction of sp³-hybridized carbons (Fsp3) is 0.231. The summed E-state index contributed by atoms with van der Waals surface area (Å²) in [6.07, 6.45) is 0. The van der Waals surface area contributed by atoms with Crippen LogP contribution in [0.5, 0.6) is 5.75 Å². The smallest absolute Gasteiger partial charge is 0.267 e. The molecule has 2 heterocycles. The Morgan fingerprint density at radius 3 is 2.79 bits per heavy atom. The van der Waals surface area contributed by atoms with Gasteiger partial charge in [0.25, 0.3) is 5.56 Å². The maximum Gasteiger partial charge on any atom is 0.267 e. The van der Waals surface area contributed by atoms with Crippen LogP contribution in [-0.4, -0.2) is 22.4 Å². The first-order valence-corrected chi connectivity index (χ1v) is 5.88. The lowest BCUT2D eigenvalue weighted by molar-refractivity contribution is -0.116.